The Labute approximate surface area is 388 Å². The number of thioether (sulfide) groups is 1. The zero-order valence-electron chi connectivity index (χ0n) is 38.9. The van der Waals surface area contributed by atoms with Gasteiger partial charge in [0.25, 0.3) is 5.56 Å². The monoisotopic (exact) mass is 992 g/mol. The maximum absolute atomic E-state index is 13.1. The molecule has 0 bridgehead atoms. The average molecular weight is 993 g/mol. The summed E-state index contributed by atoms with van der Waals surface area (Å²) in [4.78, 5) is 77.1. The zero-order chi connectivity index (χ0) is 50.6. The number of aliphatic carboxylic acids is 1. The lowest BCUT2D eigenvalue weighted by Gasteiger charge is -2.20. The minimum Gasteiger partial charge on any atom is -0.778 e. The molecule has 2 heterocycles. The Hall–Kier alpha value is -5.13. The predicted molar refractivity (Wildman–Crippen MR) is 249 cm³/mol. The molecule has 25 heteroatoms. The quantitative estimate of drug-likeness (QED) is 0.0447. The first-order valence-corrected chi connectivity index (χ1v) is 25.3. The number of nitrogens with zero attached hydrogens (tertiary/aromatic N) is 5. The first-order chi connectivity index (χ1) is 30.5. The van der Waals surface area contributed by atoms with Crippen LogP contribution in [0.2, 0.25) is 0 Å². The molecular formula is C41H60F3N8O11PS2. The van der Waals surface area contributed by atoms with E-state index < -0.39 is 61.6 Å². The highest BCUT2D eigenvalue weighted by Crippen LogP contribution is 2.28. The number of aromatic nitrogens is 5. The maximum Gasteiger partial charge on any atom is 0.431 e. The first-order valence-electron chi connectivity index (χ1n) is 19.8. The highest BCUT2D eigenvalue weighted by atomic mass is 32.2. The molecule has 0 saturated heterocycles. The molecule has 2 unspecified atom stereocenters. The third kappa shape index (κ3) is 22.4. The molecule has 0 fully saturated rings. The number of benzene rings is 2. The van der Waals surface area contributed by atoms with E-state index in [0.717, 1.165) is 30.7 Å². The Morgan fingerprint density at radius 1 is 1.00 bits per heavy atom. The van der Waals surface area contributed by atoms with Crippen molar-refractivity contribution in [3.8, 4) is 17.2 Å². The molecule has 19 nitrogen and oxygen atoms in total. The van der Waals surface area contributed by atoms with Gasteiger partial charge < -0.3 is 44.3 Å². The van der Waals surface area contributed by atoms with Crippen molar-refractivity contribution < 1.29 is 56.4 Å². The number of halogens is 3. The van der Waals surface area contributed by atoms with Crippen LogP contribution in [-0.4, -0.2) is 109 Å². The molecular weight excluding hydrogens is 933 g/mol. The Bertz CT molecular complexity index is 2340. The number of carbonyl (C=O) groups excluding carboxylic acids is 1. The third-order valence-electron chi connectivity index (χ3n) is 7.68. The summed E-state index contributed by atoms with van der Waals surface area (Å²) in [5.74, 6) is 0.375. The third-order valence-corrected chi connectivity index (χ3v) is 8.85. The number of anilines is 2. The van der Waals surface area contributed by atoms with Crippen molar-refractivity contribution in [2.24, 2.45) is 7.05 Å². The van der Waals surface area contributed by atoms with Crippen molar-refractivity contribution in [2.45, 2.75) is 77.5 Å². The summed E-state index contributed by atoms with van der Waals surface area (Å²) in [7, 11) is -1.49. The molecule has 4 rings (SSSR count). The van der Waals surface area contributed by atoms with Crippen LogP contribution in [0.25, 0.3) is 5.69 Å². The molecule has 66 heavy (non-hydrogen) atoms. The van der Waals surface area contributed by atoms with Crippen LogP contribution >= 0.6 is 19.4 Å². The van der Waals surface area contributed by atoms with Gasteiger partial charge in [-0.2, -0.15) is 28.1 Å². The summed E-state index contributed by atoms with van der Waals surface area (Å²) >= 11 is 1.51. The first kappa shape index (κ1) is 58.9. The van der Waals surface area contributed by atoms with Gasteiger partial charge in [0.15, 0.2) is 11.3 Å². The Kier molecular flexibility index (Phi) is 24.5. The molecule has 5 N–H and O–H groups in total. The van der Waals surface area contributed by atoms with E-state index in [1.165, 1.54) is 43.1 Å². The molecule has 4 aromatic rings. The molecule has 2 atom stereocenters. The number of carboxylic acid groups (broad SMARTS) is 1. The number of aryl methyl sites for hydroxylation is 1. The molecule has 0 aliphatic carbocycles. The molecule has 0 aliphatic heterocycles. The van der Waals surface area contributed by atoms with Crippen molar-refractivity contribution in [2.75, 3.05) is 62.1 Å². The van der Waals surface area contributed by atoms with Crippen LogP contribution in [0.5, 0.6) is 11.5 Å². The van der Waals surface area contributed by atoms with E-state index in [0.29, 0.717) is 55.1 Å². The summed E-state index contributed by atoms with van der Waals surface area (Å²) in [6.45, 7) is 12.2. The average Bonchev–Trinajstić information content (AvgIpc) is 3.20. The van der Waals surface area contributed by atoms with Gasteiger partial charge in [0.2, 0.25) is 11.9 Å². The summed E-state index contributed by atoms with van der Waals surface area (Å²) < 4.78 is 66.4. The molecule has 2 aromatic carbocycles. The number of hydrogen-bond donors (Lipinski definition) is 5. The van der Waals surface area contributed by atoms with Gasteiger partial charge >= 0.3 is 23.8 Å². The van der Waals surface area contributed by atoms with Gasteiger partial charge in [-0.15, -0.1) is 0 Å². The van der Waals surface area contributed by atoms with Gasteiger partial charge in [-0.3, -0.25) is 19.5 Å². The fraction of sp³-hybridized carbons (Fsp3) is 0.488. The second kappa shape index (κ2) is 27.5. The topological polar surface area (TPSA) is 261 Å². The van der Waals surface area contributed by atoms with Gasteiger partial charge in [-0.25, -0.2) is 14.2 Å². The Morgan fingerprint density at radius 3 is 2.08 bits per heavy atom. The standard InChI is InChI=1S/C25H25F3N2O6.C10H19N5S.C3H8NO5P.C3H9S/c1-5-16-6-7-17(20(12-16)36-15(2)23(32)34-4)14-35-19-10-8-18(9-11-19)30-22(31)13-21(25(26,27)28)29(3)24(30)33;1-6-11-7-12-8(15-10(2,3)4)14-9(13-7)16-5;5-3(6)1-4-2-10(7,8)9;1-4(2)3/h6-13,15H,5,14H2,1-4H3;6H2,1-5H3,(H2,11,12,13,14,15);4H,1-2H2,(H,5,6)(H2,7,8,9);1-3H3/q;;;+1/p-1. The van der Waals surface area contributed by atoms with Crippen molar-refractivity contribution >= 4 is 54.1 Å². The van der Waals surface area contributed by atoms with Gasteiger partial charge in [0.1, 0.15) is 31.4 Å². The SMILES string of the molecule is CCNc1nc(NC(C)(C)C)nc(SC)n1.CCc1ccc(COc2ccc(-n3c(=O)cc(C(F)(F)F)n(C)c3=O)cc2)c(OC(C)C(=O)OC)c1.C[S+](C)C.O=C(O)CNCP(=O)([O-])O. The van der Waals surface area contributed by atoms with Crippen LogP contribution in [0, 0.1) is 0 Å². The van der Waals surface area contributed by atoms with Crippen molar-refractivity contribution in [1.29, 1.82) is 0 Å². The molecule has 0 spiro atoms. The molecule has 0 saturated carbocycles. The van der Waals surface area contributed by atoms with Crippen molar-refractivity contribution in [3.05, 3.63) is 86.2 Å². The normalized spacial score (nSPS) is 12.4. The van der Waals surface area contributed by atoms with Crippen molar-refractivity contribution in [1.82, 2.24) is 29.4 Å². The highest BCUT2D eigenvalue weighted by molar-refractivity contribution is 7.98. The van der Waals surface area contributed by atoms with Crippen LogP contribution in [-0.2, 0) is 56.0 Å². The number of nitrogens with one attached hydrogen (secondary N) is 3. The van der Waals surface area contributed by atoms with Crippen LogP contribution in [0.3, 0.4) is 0 Å². The maximum atomic E-state index is 13.1. The molecule has 368 valence electrons. The Morgan fingerprint density at radius 2 is 1.59 bits per heavy atom. The number of methoxy groups -OCH3 is 1. The van der Waals surface area contributed by atoms with E-state index in [2.05, 4.69) is 65.1 Å². The van der Waals surface area contributed by atoms with Crippen LogP contribution < -0.4 is 41.6 Å². The lowest BCUT2D eigenvalue weighted by Crippen LogP contribution is -2.40. The van der Waals surface area contributed by atoms with E-state index in [-0.39, 0.29) is 17.8 Å². The second-order valence-electron chi connectivity index (χ2n) is 15.1. The zero-order valence-corrected chi connectivity index (χ0v) is 41.5. The minimum absolute atomic E-state index is 0.0550. The summed E-state index contributed by atoms with van der Waals surface area (Å²) in [5.41, 5.74) is -1.86. The summed E-state index contributed by atoms with van der Waals surface area (Å²) in [6, 6.07) is 11.7. The van der Waals surface area contributed by atoms with Gasteiger partial charge in [0.05, 0.1) is 44.4 Å². The Balaban J connectivity index is 0.000000593. The van der Waals surface area contributed by atoms with Crippen molar-refractivity contribution in [3.63, 3.8) is 0 Å². The number of carbonyl (C=O) groups is 2. The lowest BCUT2D eigenvalue weighted by atomic mass is 10.1. The number of alkyl halides is 3. The number of esters is 1. The van der Waals surface area contributed by atoms with E-state index in [1.807, 2.05) is 43.6 Å². The number of hydrogen-bond acceptors (Lipinski definition) is 16. The predicted octanol–water partition coefficient (Wildman–Crippen LogP) is 4.53. The van der Waals surface area contributed by atoms with E-state index >= 15 is 0 Å². The summed E-state index contributed by atoms with van der Waals surface area (Å²) in [5, 5.41) is 17.0. The fourth-order valence-corrected chi connectivity index (χ4v) is 5.57. The van der Waals surface area contributed by atoms with Gasteiger partial charge in [0, 0.05) is 30.8 Å². The van der Waals surface area contributed by atoms with Crippen LogP contribution in [0.15, 0.2) is 63.3 Å². The van der Waals surface area contributed by atoms with E-state index in [4.69, 9.17) is 24.2 Å². The van der Waals surface area contributed by atoms with Gasteiger partial charge in [-0.05, 0) is 94.1 Å². The minimum atomic E-state index is -4.84. The summed E-state index contributed by atoms with van der Waals surface area (Å²) in [6.07, 6.45) is 2.92. The largest absolute Gasteiger partial charge is 0.778 e. The van der Waals surface area contributed by atoms with Gasteiger partial charge in [-0.1, -0.05) is 30.8 Å². The molecule has 0 amide bonds. The molecule has 2 aromatic heterocycles. The smallest absolute Gasteiger partial charge is 0.431 e. The number of carboxylic acids is 1. The van der Waals surface area contributed by atoms with E-state index in [9.17, 15) is 41.8 Å². The fourth-order valence-electron chi connectivity index (χ4n) is 4.82. The molecule has 0 aliphatic rings. The van der Waals surface area contributed by atoms with Crippen LogP contribution in [0.4, 0.5) is 25.1 Å². The molecule has 0 radical (unpaired) electrons. The van der Waals surface area contributed by atoms with Crippen LogP contribution in [0.1, 0.15) is 58.4 Å². The lowest BCUT2D eigenvalue weighted by molar-refractivity contribution is -0.193. The van der Waals surface area contributed by atoms with E-state index in [1.54, 1.807) is 6.92 Å². The highest BCUT2D eigenvalue weighted by Gasteiger charge is 2.35. The number of ether oxygens (including phenoxy) is 3. The number of rotatable bonds is 16. The second-order valence-corrected chi connectivity index (χ2v) is 19.9.